The molecule has 0 amide bonds. The van der Waals surface area contributed by atoms with Gasteiger partial charge in [-0.15, -0.1) is 4.91 Å². The second kappa shape index (κ2) is 6.76. The van der Waals surface area contributed by atoms with Gasteiger partial charge in [-0.05, 0) is 41.6 Å². The first-order valence-electron chi connectivity index (χ1n) is 8.26. The van der Waals surface area contributed by atoms with Crippen LogP contribution in [0.1, 0.15) is 0 Å². The molecule has 4 rings (SSSR count). The molecule has 0 unspecified atom stereocenters. The van der Waals surface area contributed by atoms with Gasteiger partial charge in [0.15, 0.2) is 0 Å². The third-order valence-corrected chi connectivity index (χ3v) is 5.42. The number of hydrogen-bond donors (Lipinski definition) is 2. The lowest BCUT2D eigenvalue weighted by molar-refractivity contribution is 0.859. The minimum atomic E-state index is 0.381. The molecule has 2 aromatic carbocycles. The van der Waals surface area contributed by atoms with E-state index in [1.165, 1.54) is 17.2 Å². The molecule has 0 spiro atoms. The number of anilines is 2. The number of benzene rings is 2. The van der Waals surface area contributed by atoms with Crippen molar-refractivity contribution in [1.29, 1.82) is 0 Å². The minimum Gasteiger partial charge on any atom is -0.386 e. The molecule has 0 radical (unpaired) electrons. The highest BCUT2D eigenvalue weighted by molar-refractivity contribution is 7.99. The number of nitrogens with one attached hydrogen (secondary N) is 2. The van der Waals surface area contributed by atoms with E-state index < -0.39 is 0 Å². The Hall–Kier alpha value is -2.54. The Balaban J connectivity index is 1.70. The standard InChI is InChI=1S/C18H19N5OS/c1-19-14-4-2-12(10-17(14)22-24)18-20-15-5-3-13(11-16(15)21-18)23-6-8-25-9-7-23/h2-5,10-11,19H,6-9H2,1H3,(H,20,21). The van der Waals surface area contributed by atoms with Crippen LogP contribution in [0.3, 0.4) is 0 Å². The zero-order valence-electron chi connectivity index (χ0n) is 14.0. The van der Waals surface area contributed by atoms with Crippen molar-refractivity contribution in [2.45, 2.75) is 0 Å². The number of H-pyrrole nitrogens is 1. The minimum absolute atomic E-state index is 0.381. The van der Waals surface area contributed by atoms with Crippen LogP contribution in [-0.2, 0) is 0 Å². The van der Waals surface area contributed by atoms with Gasteiger partial charge in [-0.1, -0.05) is 0 Å². The maximum Gasteiger partial charge on any atom is 0.138 e. The number of fused-ring (bicyclic) bond motifs is 1. The Bertz CT molecular complexity index is 917. The zero-order valence-corrected chi connectivity index (χ0v) is 14.8. The van der Waals surface area contributed by atoms with Gasteiger partial charge in [0.2, 0.25) is 0 Å². The van der Waals surface area contributed by atoms with Gasteiger partial charge in [-0.25, -0.2) is 4.98 Å². The summed E-state index contributed by atoms with van der Waals surface area (Å²) < 4.78 is 0. The highest BCUT2D eigenvalue weighted by Crippen LogP contribution is 2.31. The van der Waals surface area contributed by atoms with Gasteiger partial charge in [-0.3, -0.25) is 0 Å². The predicted molar refractivity (Wildman–Crippen MR) is 106 cm³/mol. The molecule has 1 saturated heterocycles. The molecule has 2 heterocycles. The molecule has 6 nitrogen and oxygen atoms in total. The van der Waals surface area contributed by atoms with E-state index in [4.69, 9.17) is 0 Å². The first-order chi connectivity index (χ1) is 12.3. The van der Waals surface area contributed by atoms with Crippen molar-refractivity contribution in [1.82, 2.24) is 9.97 Å². The highest BCUT2D eigenvalue weighted by atomic mass is 32.2. The summed E-state index contributed by atoms with van der Waals surface area (Å²) >= 11 is 2.00. The van der Waals surface area contributed by atoms with Crippen LogP contribution in [0.2, 0.25) is 0 Å². The number of nitrogens with zero attached hydrogens (tertiary/aromatic N) is 3. The Kier molecular flexibility index (Phi) is 4.31. The molecule has 1 fully saturated rings. The second-order valence-electron chi connectivity index (χ2n) is 5.96. The van der Waals surface area contributed by atoms with Crippen molar-refractivity contribution in [3.63, 3.8) is 0 Å². The summed E-state index contributed by atoms with van der Waals surface area (Å²) in [6.45, 7) is 2.16. The molecule has 1 aromatic heterocycles. The largest absolute Gasteiger partial charge is 0.386 e. The molecular formula is C18H19N5OS. The lowest BCUT2D eigenvalue weighted by atomic mass is 10.1. The Morgan fingerprint density at radius 2 is 2.04 bits per heavy atom. The first-order valence-corrected chi connectivity index (χ1v) is 9.42. The molecule has 3 aromatic rings. The van der Waals surface area contributed by atoms with Crippen LogP contribution >= 0.6 is 11.8 Å². The van der Waals surface area contributed by atoms with Gasteiger partial charge >= 0.3 is 0 Å². The van der Waals surface area contributed by atoms with Gasteiger partial charge in [0.05, 0.1) is 16.7 Å². The molecular weight excluding hydrogens is 334 g/mol. The third kappa shape index (κ3) is 3.07. The van der Waals surface area contributed by atoms with Crippen molar-refractivity contribution in [3.05, 3.63) is 41.3 Å². The summed E-state index contributed by atoms with van der Waals surface area (Å²) in [6, 6.07) is 11.9. The smallest absolute Gasteiger partial charge is 0.138 e. The fraction of sp³-hybridized carbons (Fsp3) is 0.278. The molecule has 7 heteroatoms. The van der Waals surface area contributed by atoms with Crippen LogP contribution in [0.15, 0.2) is 41.6 Å². The van der Waals surface area contributed by atoms with Crippen LogP contribution in [0.5, 0.6) is 0 Å². The topological polar surface area (TPSA) is 73.4 Å². The summed E-state index contributed by atoms with van der Waals surface area (Å²) in [4.78, 5) is 21.5. The summed E-state index contributed by atoms with van der Waals surface area (Å²) in [7, 11) is 1.77. The number of thioether (sulfide) groups is 1. The summed E-state index contributed by atoms with van der Waals surface area (Å²) in [5.74, 6) is 3.09. The van der Waals surface area contributed by atoms with Crippen molar-refractivity contribution >= 4 is 39.9 Å². The number of imidazole rings is 1. The normalized spacial score (nSPS) is 14.7. The van der Waals surface area contributed by atoms with Gasteiger partial charge in [0.1, 0.15) is 11.5 Å². The predicted octanol–water partition coefficient (Wildman–Crippen LogP) is 4.22. The van der Waals surface area contributed by atoms with E-state index in [0.717, 1.165) is 35.5 Å². The quantitative estimate of drug-likeness (QED) is 0.687. The molecule has 0 bridgehead atoms. The number of hydrogen-bond acceptors (Lipinski definition) is 6. The van der Waals surface area contributed by atoms with E-state index in [0.29, 0.717) is 11.4 Å². The average molecular weight is 353 g/mol. The number of rotatable bonds is 4. The van der Waals surface area contributed by atoms with E-state index in [1.54, 1.807) is 13.1 Å². The molecule has 1 aliphatic rings. The second-order valence-corrected chi connectivity index (χ2v) is 7.18. The fourth-order valence-corrected chi connectivity index (χ4v) is 4.02. The molecule has 0 saturated carbocycles. The average Bonchev–Trinajstić information content (AvgIpc) is 3.11. The van der Waals surface area contributed by atoms with Crippen LogP contribution in [0, 0.1) is 4.91 Å². The summed E-state index contributed by atoms with van der Waals surface area (Å²) in [6.07, 6.45) is 0. The van der Waals surface area contributed by atoms with Gasteiger partial charge in [0, 0.05) is 42.9 Å². The number of nitroso groups, excluding NO2 is 1. The van der Waals surface area contributed by atoms with Crippen molar-refractivity contribution in [2.75, 3.05) is 41.9 Å². The molecule has 0 aliphatic carbocycles. The van der Waals surface area contributed by atoms with Crippen LogP contribution in [0.4, 0.5) is 17.1 Å². The lowest BCUT2D eigenvalue weighted by Gasteiger charge is -2.28. The monoisotopic (exact) mass is 353 g/mol. The molecule has 2 N–H and O–H groups in total. The van der Waals surface area contributed by atoms with E-state index in [-0.39, 0.29) is 0 Å². The van der Waals surface area contributed by atoms with Crippen LogP contribution in [-0.4, -0.2) is 41.6 Å². The first kappa shape index (κ1) is 16.0. The number of aromatic nitrogens is 2. The maximum absolute atomic E-state index is 11.0. The van der Waals surface area contributed by atoms with E-state index in [1.807, 2.05) is 30.0 Å². The van der Waals surface area contributed by atoms with E-state index in [9.17, 15) is 4.91 Å². The van der Waals surface area contributed by atoms with Gasteiger partial charge in [-0.2, -0.15) is 11.8 Å². The SMILES string of the molecule is CNc1ccc(-c2nc3ccc(N4CCSCC4)cc3[nH]2)cc1N=O. The number of aromatic amines is 1. The van der Waals surface area contributed by atoms with E-state index in [2.05, 4.69) is 37.5 Å². The van der Waals surface area contributed by atoms with Gasteiger partial charge < -0.3 is 15.2 Å². The van der Waals surface area contributed by atoms with Crippen molar-refractivity contribution in [2.24, 2.45) is 5.18 Å². The van der Waals surface area contributed by atoms with Crippen molar-refractivity contribution in [3.8, 4) is 11.4 Å². The Morgan fingerprint density at radius 3 is 2.80 bits per heavy atom. The van der Waals surface area contributed by atoms with Crippen molar-refractivity contribution < 1.29 is 0 Å². The summed E-state index contributed by atoms with van der Waals surface area (Å²) in [5.41, 5.74) is 5.09. The van der Waals surface area contributed by atoms with Crippen LogP contribution < -0.4 is 10.2 Å². The zero-order chi connectivity index (χ0) is 17.2. The molecule has 25 heavy (non-hydrogen) atoms. The van der Waals surface area contributed by atoms with Gasteiger partial charge in [0.25, 0.3) is 0 Å². The molecule has 1 aliphatic heterocycles. The Labute approximate surface area is 150 Å². The summed E-state index contributed by atoms with van der Waals surface area (Å²) in [5, 5.41) is 6.06. The molecule has 128 valence electrons. The maximum atomic E-state index is 11.0. The Morgan fingerprint density at radius 1 is 1.20 bits per heavy atom. The highest BCUT2D eigenvalue weighted by Gasteiger charge is 2.13. The van der Waals surface area contributed by atoms with Crippen LogP contribution in [0.25, 0.3) is 22.4 Å². The fourth-order valence-electron chi connectivity index (χ4n) is 3.12. The lowest BCUT2D eigenvalue weighted by Crippen LogP contribution is -2.32. The molecule has 0 atom stereocenters. The van der Waals surface area contributed by atoms with E-state index >= 15 is 0 Å². The third-order valence-electron chi connectivity index (χ3n) is 4.48.